The Morgan fingerprint density at radius 3 is 2.73 bits per heavy atom. The van der Waals surface area contributed by atoms with Gasteiger partial charge in [0.25, 0.3) is 0 Å². The fourth-order valence-electron chi connectivity index (χ4n) is 2.77. The largest absolute Gasteiger partial charge is 0.417 e. The van der Waals surface area contributed by atoms with E-state index in [1.54, 1.807) is 0 Å². The highest BCUT2D eigenvalue weighted by atomic mass is 35.5. The fraction of sp³-hybridized carbons (Fsp3) is 0.312. The summed E-state index contributed by atoms with van der Waals surface area (Å²) in [4.78, 5) is 3.85. The molecule has 0 fully saturated rings. The molecule has 2 nitrogen and oxygen atoms in total. The number of hydrogen-bond acceptors (Lipinski definition) is 2. The van der Waals surface area contributed by atoms with Crippen LogP contribution in [-0.4, -0.2) is 4.98 Å². The lowest BCUT2D eigenvalue weighted by Crippen LogP contribution is -2.18. The number of aromatic nitrogens is 1. The number of nitrogens with one attached hydrogen (secondary N) is 1. The molecular formula is C16H14ClF3N2. The third kappa shape index (κ3) is 3.04. The van der Waals surface area contributed by atoms with Gasteiger partial charge >= 0.3 is 6.18 Å². The normalized spacial score (nSPS) is 17.9. The summed E-state index contributed by atoms with van der Waals surface area (Å²) in [5.41, 5.74) is 1.58. The molecule has 1 heterocycles. The number of benzene rings is 1. The minimum Gasteiger partial charge on any atom is -0.362 e. The number of rotatable bonds is 2. The minimum atomic E-state index is -4.44. The van der Waals surface area contributed by atoms with Gasteiger partial charge in [0.15, 0.2) is 0 Å². The lowest BCUT2D eigenvalue weighted by Gasteiger charge is -2.27. The fourth-order valence-corrected chi connectivity index (χ4v) is 2.99. The average Bonchev–Trinajstić information content (AvgIpc) is 2.48. The van der Waals surface area contributed by atoms with Crippen molar-refractivity contribution in [2.75, 3.05) is 5.32 Å². The maximum absolute atomic E-state index is 12.6. The second kappa shape index (κ2) is 5.80. The summed E-state index contributed by atoms with van der Waals surface area (Å²) in [6, 6.07) is 8.98. The van der Waals surface area contributed by atoms with Crippen LogP contribution in [0.3, 0.4) is 0 Å². The highest BCUT2D eigenvalue weighted by molar-refractivity contribution is 6.33. The van der Waals surface area contributed by atoms with Crippen LogP contribution in [0.1, 0.15) is 35.6 Å². The van der Waals surface area contributed by atoms with Gasteiger partial charge in [0.05, 0.1) is 16.6 Å². The summed E-state index contributed by atoms with van der Waals surface area (Å²) in [7, 11) is 0. The maximum Gasteiger partial charge on any atom is 0.417 e. The topological polar surface area (TPSA) is 24.9 Å². The molecule has 0 unspecified atom stereocenters. The quantitative estimate of drug-likeness (QED) is 0.816. The number of nitrogens with zero attached hydrogens (tertiary/aromatic N) is 1. The molecule has 3 rings (SSSR count). The van der Waals surface area contributed by atoms with Crippen LogP contribution < -0.4 is 5.32 Å². The van der Waals surface area contributed by atoms with Gasteiger partial charge in [-0.1, -0.05) is 35.9 Å². The third-order valence-corrected chi connectivity index (χ3v) is 4.14. The lowest BCUT2D eigenvalue weighted by molar-refractivity contribution is -0.137. The second-order valence-corrected chi connectivity index (χ2v) is 5.75. The molecule has 1 N–H and O–H groups in total. The van der Waals surface area contributed by atoms with Crippen LogP contribution in [0.15, 0.2) is 36.5 Å². The number of alkyl halides is 3. The van der Waals surface area contributed by atoms with Gasteiger partial charge < -0.3 is 5.32 Å². The van der Waals surface area contributed by atoms with Crippen LogP contribution >= 0.6 is 11.6 Å². The van der Waals surface area contributed by atoms with Crippen LogP contribution in [0.2, 0.25) is 5.02 Å². The Morgan fingerprint density at radius 2 is 2.00 bits per heavy atom. The van der Waals surface area contributed by atoms with E-state index in [4.69, 9.17) is 11.6 Å². The summed E-state index contributed by atoms with van der Waals surface area (Å²) in [5, 5.41) is 3.16. The molecule has 1 aliphatic rings. The zero-order valence-corrected chi connectivity index (χ0v) is 12.4. The molecule has 1 aliphatic carbocycles. The van der Waals surface area contributed by atoms with Gasteiger partial charge in [-0.25, -0.2) is 4.98 Å². The third-order valence-electron chi connectivity index (χ3n) is 3.85. The van der Waals surface area contributed by atoms with Crippen molar-refractivity contribution >= 4 is 17.4 Å². The first kappa shape index (κ1) is 15.2. The number of anilines is 1. The molecule has 6 heteroatoms. The van der Waals surface area contributed by atoms with Crippen molar-refractivity contribution in [3.05, 3.63) is 58.2 Å². The van der Waals surface area contributed by atoms with Gasteiger partial charge in [0.1, 0.15) is 5.82 Å². The first-order chi connectivity index (χ1) is 10.4. The number of aryl methyl sites for hydroxylation is 1. The SMILES string of the molecule is FC(F)(F)c1cnc(N[C@H]2CCCc3ccccc32)c(Cl)c1. The summed E-state index contributed by atoms with van der Waals surface area (Å²) in [5.74, 6) is 0.288. The Kier molecular flexibility index (Phi) is 4.00. The lowest BCUT2D eigenvalue weighted by atomic mass is 9.88. The van der Waals surface area contributed by atoms with Crippen molar-refractivity contribution in [2.24, 2.45) is 0 Å². The van der Waals surface area contributed by atoms with Gasteiger partial charge in [-0.15, -0.1) is 0 Å². The molecule has 116 valence electrons. The van der Waals surface area contributed by atoms with E-state index in [0.717, 1.165) is 37.1 Å². The summed E-state index contributed by atoms with van der Waals surface area (Å²) in [6.07, 6.45) is -0.693. The Bertz CT molecular complexity index is 685. The van der Waals surface area contributed by atoms with E-state index in [1.807, 2.05) is 18.2 Å². The van der Waals surface area contributed by atoms with E-state index in [0.29, 0.717) is 0 Å². The van der Waals surface area contributed by atoms with E-state index in [1.165, 1.54) is 5.56 Å². The zero-order valence-electron chi connectivity index (χ0n) is 11.6. The van der Waals surface area contributed by atoms with Crippen LogP contribution in [-0.2, 0) is 12.6 Å². The van der Waals surface area contributed by atoms with Gasteiger partial charge in [0, 0.05) is 6.20 Å². The van der Waals surface area contributed by atoms with E-state index in [-0.39, 0.29) is 16.9 Å². The van der Waals surface area contributed by atoms with Crippen LogP contribution in [0, 0.1) is 0 Å². The summed E-state index contributed by atoms with van der Waals surface area (Å²) < 4.78 is 37.9. The van der Waals surface area contributed by atoms with Crippen molar-refractivity contribution in [3.8, 4) is 0 Å². The van der Waals surface area contributed by atoms with Gasteiger partial charge in [-0.2, -0.15) is 13.2 Å². The molecule has 0 aliphatic heterocycles. The Labute approximate surface area is 131 Å². The molecule has 0 spiro atoms. The maximum atomic E-state index is 12.6. The molecule has 0 saturated heterocycles. The molecule has 1 atom stereocenters. The molecule has 1 aromatic heterocycles. The first-order valence-corrected chi connectivity index (χ1v) is 7.40. The molecule has 0 radical (unpaired) electrons. The van der Waals surface area contributed by atoms with Crippen LogP contribution in [0.4, 0.5) is 19.0 Å². The molecule has 22 heavy (non-hydrogen) atoms. The van der Waals surface area contributed by atoms with Gasteiger partial charge in [-0.05, 0) is 36.5 Å². The van der Waals surface area contributed by atoms with E-state index in [9.17, 15) is 13.2 Å². The van der Waals surface area contributed by atoms with E-state index >= 15 is 0 Å². The number of fused-ring (bicyclic) bond motifs is 1. The predicted octanol–water partition coefficient (Wildman–Crippen LogP) is 5.24. The molecule has 1 aromatic carbocycles. The molecule has 0 bridgehead atoms. The van der Waals surface area contributed by atoms with Crippen LogP contribution in [0.5, 0.6) is 0 Å². The Morgan fingerprint density at radius 1 is 1.23 bits per heavy atom. The van der Waals surface area contributed by atoms with Gasteiger partial charge in [-0.3, -0.25) is 0 Å². The number of halogens is 4. The predicted molar refractivity (Wildman–Crippen MR) is 80.0 cm³/mol. The highest BCUT2D eigenvalue weighted by Gasteiger charge is 2.32. The van der Waals surface area contributed by atoms with Crippen molar-refractivity contribution in [1.82, 2.24) is 4.98 Å². The second-order valence-electron chi connectivity index (χ2n) is 5.34. The van der Waals surface area contributed by atoms with Crippen molar-refractivity contribution in [1.29, 1.82) is 0 Å². The standard InChI is InChI=1S/C16H14ClF3N2/c17-13-8-11(16(18,19)20)9-21-15(13)22-14-7-3-5-10-4-1-2-6-12(10)14/h1-2,4,6,8-9,14H,3,5,7H2,(H,21,22)/t14-/m0/s1. The number of pyridine rings is 1. The van der Waals surface area contributed by atoms with E-state index in [2.05, 4.69) is 16.4 Å². The number of hydrogen-bond donors (Lipinski definition) is 1. The first-order valence-electron chi connectivity index (χ1n) is 7.02. The minimum absolute atomic E-state index is 0.0159. The Hall–Kier alpha value is -1.75. The Balaban J connectivity index is 1.86. The van der Waals surface area contributed by atoms with Crippen molar-refractivity contribution < 1.29 is 13.2 Å². The molecular weight excluding hydrogens is 313 g/mol. The monoisotopic (exact) mass is 326 g/mol. The zero-order chi connectivity index (χ0) is 15.7. The van der Waals surface area contributed by atoms with Crippen molar-refractivity contribution in [2.45, 2.75) is 31.5 Å². The van der Waals surface area contributed by atoms with Crippen LogP contribution in [0.25, 0.3) is 0 Å². The summed E-state index contributed by atoms with van der Waals surface area (Å²) in [6.45, 7) is 0. The van der Waals surface area contributed by atoms with Crippen molar-refractivity contribution in [3.63, 3.8) is 0 Å². The molecule has 2 aromatic rings. The van der Waals surface area contributed by atoms with E-state index < -0.39 is 11.7 Å². The smallest absolute Gasteiger partial charge is 0.362 e. The highest BCUT2D eigenvalue weighted by Crippen LogP contribution is 2.36. The molecule has 0 saturated carbocycles. The van der Waals surface area contributed by atoms with Gasteiger partial charge in [0.2, 0.25) is 0 Å². The average molecular weight is 327 g/mol. The molecule has 0 amide bonds. The summed E-state index contributed by atoms with van der Waals surface area (Å²) >= 11 is 5.96.